The molecule has 0 spiro atoms. The van der Waals surface area contributed by atoms with Crippen LogP contribution >= 0.6 is 15.9 Å². The van der Waals surface area contributed by atoms with Crippen molar-refractivity contribution in [2.75, 3.05) is 6.54 Å². The summed E-state index contributed by atoms with van der Waals surface area (Å²) in [4.78, 5) is 11.8. The van der Waals surface area contributed by atoms with Gasteiger partial charge in [-0.1, -0.05) is 15.9 Å². The maximum atomic E-state index is 12.8. The fourth-order valence-electron chi connectivity index (χ4n) is 1.58. The standard InChI is InChI=1S/C13H12BrF3N2O/c14-9-4-5-10(11(8-9)13(15,16)17)12(20)19-7-3-1-2-6-18/h4-5,8H,1-3,7H2,(H,19,20). The lowest BCUT2D eigenvalue weighted by Crippen LogP contribution is -2.27. The van der Waals surface area contributed by atoms with E-state index in [9.17, 15) is 18.0 Å². The fraction of sp³-hybridized carbons (Fsp3) is 0.385. The molecule has 0 aliphatic heterocycles. The normalized spacial score (nSPS) is 10.9. The van der Waals surface area contributed by atoms with E-state index in [1.807, 2.05) is 6.07 Å². The van der Waals surface area contributed by atoms with Gasteiger partial charge in [-0.3, -0.25) is 4.79 Å². The number of amides is 1. The van der Waals surface area contributed by atoms with Gasteiger partial charge in [-0.2, -0.15) is 18.4 Å². The molecule has 0 bridgehead atoms. The maximum absolute atomic E-state index is 12.8. The van der Waals surface area contributed by atoms with E-state index in [2.05, 4.69) is 21.2 Å². The van der Waals surface area contributed by atoms with Crippen LogP contribution in [0.2, 0.25) is 0 Å². The van der Waals surface area contributed by atoms with Crippen LogP contribution in [0, 0.1) is 11.3 Å². The Kier molecular flexibility index (Phi) is 6.02. The van der Waals surface area contributed by atoms with Gasteiger partial charge in [0.1, 0.15) is 0 Å². The molecular weight excluding hydrogens is 337 g/mol. The van der Waals surface area contributed by atoms with E-state index in [0.717, 1.165) is 12.1 Å². The molecule has 1 rings (SSSR count). The van der Waals surface area contributed by atoms with Crippen molar-refractivity contribution in [3.05, 3.63) is 33.8 Å². The number of nitrogens with zero attached hydrogens (tertiary/aromatic N) is 1. The van der Waals surface area contributed by atoms with Crippen LogP contribution in [0.1, 0.15) is 35.2 Å². The Morgan fingerprint density at radius 2 is 2.05 bits per heavy atom. The van der Waals surface area contributed by atoms with Crippen molar-refractivity contribution >= 4 is 21.8 Å². The maximum Gasteiger partial charge on any atom is 0.417 e. The van der Waals surface area contributed by atoms with Gasteiger partial charge in [0.25, 0.3) is 5.91 Å². The van der Waals surface area contributed by atoms with E-state index < -0.39 is 23.2 Å². The molecular formula is C13H12BrF3N2O. The minimum Gasteiger partial charge on any atom is -0.352 e. The summed E-state index contributed by atoms with van der Waals surface area (Å²) < 4.78 is 38.8. The van der Waals surface area contributed by atoms with Gasteiger partial charge in [0.2, 0.25) is 0 Å². The summed E-state index contributed by atoms with van der Waals surface area (Å²) in [6.45, 7) is 0.244. The number of nitrogens with one attached hydrogen (secondary N) is 1. The van der Waals surface area contributed by atoms with Crippen molar-refractivity contribution in [2.45, 2.75) is 25.4 Å². The van der Waals surface area contributed by atoms with Gasteiger partial charge in [-0.05, 0) is 31.0 Å². The van der Waals surface area contributed by atoms with Crippen LogP contribution < -0.4 is 5.32 Å². The summed E-state index contributed by atoms with van der Waals surface area (Å²) in [5.74, 6) is -0.762. The Morgan fingerprint density at radius 1 is 1.35 bits per heavy atom. The highest BCUT2D eigenvalue weighted by Crippen LogP contribution is 2.33. The third kappa shape index (κ3) is 4.85. The summed E-state index contributed by atoms with van der Waals surface area (Å²) in [6, 6.07) is 5.36. The molecule has 1 aromatic carbocycles. The van der Waals surface area contributed by atoms with Crippen molar-refractivity contribution in [1.82, 2.24) is 5.32 Å². The largest absolute Gasteiger partial charge is 0.417 e. The zero-order valence-electron chi connectivity index (χ0n) is 10.4. The second kappa shape index (κ2) is 7.29. The number of nitriles is 1. The highest BCUT2D eigenvalue weighted by molar-refractivity contribution is 9.10. The SMILES string of the molecule is N#CCCCCNC(=O)c1ccc(Br)cc1C(F)(F)F. The smallest absolute Gasteiger partial charge is 0.352 e. The predicted molar refractivity (Wildman–Crippen MR) is 70.9 cm³/mol. The summed E-state index contributed by atoms with van der Waals surface area (Å²) >= 11 is 2.96. The number of halogens is 4. The fourth-order valence-corrected chi connectivity index (χ4v) is 1.94. The van der Waals surface area contributed by atoms with Gasteiger partial charge in [0.15, 0.2) is 0 Å². The summed E-state index contributed by atoms with van der Waals surface area (Å²) in [5.41, 5.74) is -1.37. The first-order valence-electron chi connectivity index (χ1n) is 5.88. The summed E-state index contributed by atoms with van der Waals surface area (Å²) in [6.07, 6.45) is -3.07. The van der Waals surface area contributed by atoms with Crippen LogP contribution in [0.15, 0.2) is 22.7 Å². The number of alkyl halides is 3. The summed E-state index contributed by atoms with van der Waals surface area (Å²) in [5, 5.41) is 10.8. The number of unbranched alkanes of at least 4 members (excludes halogenated alkanes) is 2. The van der Waals surface area contributed by atoms with E-state index in [0.29, 0.717) is 19.3 Å². The van der Waals surface area contributed by atoms with Crippen LogP contribution in [-0.4, -0.2) is 12.5 Å². The first-order valence-corrected chi connectivity index (χ1v) is 6.67. The zero-order valence-corrected chi connectivity index (χ0v) is 12.0. The van der Waals surface area contributed by atoms with E-state index in [4.69, 9.17) is 5.26 Å². The molecule has 1 amide bonds. The zero-order chi connectivity index (χ0) is 15.2. The van der Waals surface area contributed by atoms with Gasteiger partial charge in [0, 0.05) is 17.4 Å². The van der Waals surface area contributed by atoms with E-state index in [1.54, 1.807) is 0 Å². The van der Waals surface area contributed by atoms with E-state index in [1.165, 1.54) is 6.07 Å². The van der Waals surface area contributed by atoms with Crippen molar-refractivity contribution < 1.29 is 18.0 Å². The topological polar surface area (TPSA) is 52.9 Å². The van der Waals surface area contributed by atoms with Crippen LogP contribution in [0.5, 0.6) is 0 Å². The average Bonchev–Trinajstić information content (AvgIpc) is 2.37. The molecule has 1 N–H and O–H groups in total. The molecule has 20 heavy (non-hydrogen) atoms. The number of carbonyl (C=O) groups excluding carboxylic acids is 1. The van der Waals surface area contributed by atoms with E-state index >= 15 is 0 Å². The molecule has 0 aromatic heterocycles. The summed E-state index contributed by atoms with van der Waals surface area (Å²) in [7, 11) is 0. The lowest BCUT2D eigenvalue weighted by molar-refractivity contribution is -0.138. The number of hydrogen-bond donors (Lipinski definition) is 1. The molecule has 108 valence electrons. The second-order valence-corrected chi connectivity index (χ2v) is 4.97. The molecule has 0 aliphatic carbocycles. The Balaban J connectivity index is 2.76. The number of carbonyl (C=O) groups is 1. The molecule has 0 heterocycles. The quantitative estimate of drug-likeness (QED) is 0.820. The number of benzene rings is 1. The van der Waals surface area contributed by atoms with Crippen molar-refractivity contribution in [2.24, 2.45) is 0 Å². The molecule has 0 unspecified atom stereocenters. The van der Waals surface area contributed by atoms with Crippen molar-refractivity contribution in [1.29, 1.82) is 5.26 Å². The Morgan fingerprint density at radius 3 is 2.65 bits per heavy atom. The molecule has 0 aliphatic rings. The molecule has 0 radical (unpaired) electrons. The molecule has 0 atom stereocenters. The Labute approximate surface area is 122 Å². The average molecular weight is 349 g/mol. The van der Waals surface area contributed by atoms with Gasteiger partial charge in [-0.25, -0.2) is 0 Å². The molecule has 3 nitrogen and oxygen atoms in total. The molecule has 0 saturated heterocycles. The molecule has 0 saturated carbocycles. The Hall–Kier alpha value is -1.55. The lowest BCUT2D eigenvalue weighted by atomic mass is 10.1. The van der Waals surface area contributed by atoms with Crippen molar-refractivity contribution in [3.63, 3.8) is 0 Å². The minimum absolute atomic E-state index is 0.244. The van der Waals surface area contributed by atoms with Crippen molar-refractivity contribution in [3.8, 4) is 6.07 Å². The Bertz CT molecular complexity index is 523. The van der Waals surface area contributed by atoms with Crippen LogP contribution in [0.25, 0.3) is 0 Å². The minimum atomic E-state index is -4.59. The number of hydrogen-bond acceptors (Lipinski definition) is 2. The number of rotatable bonds is 5. The highest BCUT2D eigenvalue weighted by Gasteiger charge is 2.35. The van der Waals surface area contributed by atoms with Crippen LogP contribution in [0.3, 0.4) is 0 Å². The monoisotopic (exact) mass is 348 g/mol. The predicted octanol–water partition coefficient (Wildman–Crippen LogP) is 3.89. The third-order valence-electron chi connectivity index (χ3n) is 2.53. The van der Waals surface area contributed by atoms with Gasteiger partial charge < -0.3 is 5.32 Å². The first-order chi connectivity index (χ1) is 9.36. The first kappa shape index (κ1) is 16.5. The van der Waals surface area contributed by atoms with Crippen LogP contribution in [0.4, 0.5) is 13.2 Å². The van der Waals surface area contributed by atoms with Gasteiger partial charge in [-0.15, -0.1) is 0 Å². The van der Waals surface area contributed by atoms with Crippen LogP contribution in [-0.2, 0) is 6.18 Å². The highest BCUT2D eigenvalue weighted by atomic mass is 79.9. The lowest BCUT2D eigenvalue weighted by Gasteiger charge is -2.13. The third-order valence-corrected chi connectivity index (χ3v) is 3.03. The molecule has 1 aromatic rings. The van der Waals surface area contributed by atoms with E-state index in [-0.39, 0.29) is 11.0 Å². The second-order valence-electron chi connectivity index (χ2n) is 4.06. The molecule has 7 heteroatoms. The molecule has 0 fully saturated rings. The van der Waals surface area contributed by atoms with Gasteiger partial charge >= 0.3 is 6.18 Å². The van der Waals surface area contributed by atoms with Gasteiger partial charge in [0.05, 0.1) is 17.2 Å².